The first-order valence-corrected chi connectivity index (χ1v) is 11.5. The predicted molar refractivity (Wildman–Crippen MR) is 122 cm³/mol. The van der Waals surface area contributed by atoms with E-state index < -0.39 is 12.0 Å². The lowest BCUT2D eigenvalue weighted by Gasteiger charge is -2.38. The van der Waals surface area contributed by atoms with Crippen molar-refractivity contribution in [2.45, 2.75) is 58.3 Å². The Morgan fingerprint density at radius 1 is 1.15 bits per heavy atom. The highest BCUT2D eigenvalue weighted by Gasteiger charge is 2.34. The number of benzene rings is 1. The molecule has 3 atom stereocenters. The van der Waals surface area contributed by atoms with Gasteiger partial charge in [-0.2, -0.15) is 4.98 Å². The number of anilines is 1. The summed E-state index contributed by atoms with van der Waals surface area (Å²) in [4.78, 5) is 11.0. The van der Waals surface area contributed by atoms with Crippen molar-refractivity contribution in [3.05, 3.63) is 34.9 Å². The number of pyridine rings is 1. The molecule has 2 aliphatic rings. The fourth-order valence-corrected chi connectivity index (χ4v) is 4.94. The van der Waals surface area contributed by atoms with Crippen LogP contribution >= 0.6 is 0 Å². The summed E-state index contributed by atoms with van der Waals surface area (Å²) in [5.74, 6) is 0.889. The number of fused-ring (bicyclic) bond motifs is 1. The minimum atomic E-state index is -1.10. The molecule has 2 fully saturated rings. The molecule has 2 aliphatic heterocycles. The van der Waals surface area contributed by atoms with Gasteiger partial charge in [0.25, 0.3) is 5.89 Å². The van der Waals surface area contributed by atoms with Crippen LogP contribution in [0.1, 0.15) is 36.2 Å². The molecule has 0 spiro atoms. The lowest BCUT2D eigenvalue weighted by Crippen LogP contribution is -2.55. The van der Waals surface area contributed by atoms with Gasteiger partial charge in [-0.3, -0.25) is 0 Å². The van der Waals surface area contributed by atoms with E-state index in [-0.39, 0.29) is 24.1 Å². The van der Waals surface area contributed by atoms with E-state index in [1.54, 1.807) is 6.92 Å². The molecule has 0 saturated carbocycles. The van der Waals surface area contributed by atoms with Gasteiger partial charge in [-0.15, -0.1) is 0 Å². The summed E-state index contributed by atoms with van der Waals surface area (Å²) in [5, 5.41) is 8.05. The van der Waals surface area contributed by atoms with Crippen LogP contribution in [-0.4, -0.2) is 59.7 Å². The number of aryl methyl sites for hydroxylation is 3. The van der Waals surface area contributed by atoms with Crippen molar-refractivity contribution < 1.29 is 18.0 Å². The van der Waals surface area contributed by atoms with Crippen LogP contribution in [0.5, 0.6) is 0 Å². The van der Waals surface area contributed by atoms with Gasteiger partial charge in [0.2, 0.25) is 0 Å². The van der Waals surface area contributed by atoms with E-state index in [1.165, 1.54) is 6.07 Å². The van der Waals surface area contributed by atoms with E-state index in [9.17, 15) is 4.39 Å². The van der Waals surface area contributed by atoms with Gasteiger partial charge in [0, 0.05) is 30.6 Å². The van der Waals surface area contributed by atoms with Crippen LogP contribution in [0, 0.1) is 26.6 Å². The molecule has 2 aromatic heterocycles. The Kier molecular flexibility index (Phi) is 6.01. The second-order valence-electron chi connectivity index (χ2n) is 9.16. The fraction of sp³-hybridized carbons (Fsp3) is 0.542. The minimum absolute atomic E-state index is 0.150. The Hall–Kier alpha value is -2.65. The number of piperidine rings is 1. The number of nitrogens with one attached hydrogen (secondary N) is 1. The van der Waals surface area contributed by atoms with Crippen LogP contribution in [-0.2, 0) is 4.74 Å². The van der Waals surface area contributed by atoms with Crippen molar-refractivity contribution in [1.29, 1.82) is 0 Å². The van der Waals surface area contributed by atoms with Crippen molar-refractivity contribution in [2.75, 3.05) is 31.2 Å². The van der Waals surface area contributed by atoms with Crippen LogP contribution in [0.3, 0.4) is 0 Å². The summed E-state index contributed by atoms with van der Waals surface area (Å²) in [6, 6.07) is 3.30. The predicted octanol–water partition coefficient (Wildman–Crippen LogP) is 4.03. The number of halogens is 2. The first-order valence-electron chi connectivity index (χ1n) is 11.5. The van der Waals surface area contributed by atoms with Crippen molar-refractivity contribution in [3.63, 3.8) is 0 Å². The zero-order chi connectivity index (χ0) is 23.1. The average molecular weight is 458 g/mol. The van der Waals surface area contributed by atoms with Gasteiger partial charge in [0.05, 0.1) is 18.7 Å². The molecule has 0 unspecified atom stereocenters. The molecule has 2 saturated heterocycles. The highest BCUT2D eigenvalue weighted by Crippen LogP contribution is 2.38. The first kappa shape index (κ1) is 22.2. The van der Waals surface area contributed by atoms with E-state index in [2.05, 4.69) is 20.4 Å². The van der Waals surface area contributed by atoms with E-state index in [0.29, 0.717) is 48.1 Å². The number of ether oxygens (including phenoxy) is 1. The maximum atomic E-state index is 15.3. The molecule has 0 radical (unpaired) electrons. The number of hydrogen-bond acceptors (Lipinski definition) is 7. The van der Waals surface area contributed by atoms with Crippen LogP contribution in [0.4, 0.5) is 14.6 Å². The van der Waals surface area contributed by atoms with Crippen LogP contribution < -0.4 is 10.2 Å². The molecule has 176 valence electrons. The highest BCUT2D eigenvalue weighted by molar-refractivity contribution is 5.93. The standard InChI is InChI=1S/C24H29F2N5O2/c1-13-9-17-14(2)21(24-27-15(3)30-33-24)23(29-22(17)18(25)10-13)31-7-6-20(19(26)11-31)28-16-5-4-8-32-12-16/h9-10,16,19-20,28H,4-8,11-12H2,1-3H3/t16-,19-,20+/m0/s1. The van der Waals surface area contributed by atoms with Gasteiger partial charge >= 0.3 is 0 Å². The second kappa shape index (κ2) is 8.95. The molecule has 0 bridgehead atoms. The maximum Gasteiger partial charge on any atom is 0.261 e. The van der Waals surface area contributed by atoms with Gasteiger partial charge in [-0.25, -0.2) is 13.8 Å². The molecule has 1 aromatic carbocycles. The molecule has 7 nitrogen and oxygen atoms in total. The van der Waals surface area contributed by atoms with Gasteiger partial charge in [0.1, 0.15) is 23.3 Å². The molecular formula is C24H29F2N5O2. The summed E-state index contributed by atoms with van der Waals surface area (Å²) in [7, 11) is 0. The second-order valence-corrected chi connectivity index (χ2v) is 9.16. The Labute approximate surface area is 191 Å². The summed E-state index contributed by atoms with van der Waals surface area (Å²) >= 11 is 0. The monoisotopic (exact) mass is 457 g/mol. The number of nitrogens with zero attached hydrogens (tertiary/aromatic N) is 4. The molecule has 33 heavy (non-hydrogen) atoms. The fourth-order valence-electron chi connectivity index (χ4n) is 4.94. The molecule has 5 rings (SSSR count). The van der Waals surface area contributed by atoms with Crippen LogP contribution in [0.25, 0.3) is 22.4 Å². The number of hydrogen-bond donors (Lipinski definition) is 1. The normalized spacial score (nSPS) is 23.9. The third-order valence-corrected chi connectivity index (χ3v) is 6.62. The summed E-state index contributed by atoms with van der Waals surface area (Å²) in [6.07, 6.45) is 1.50. The molecule has 3 aromatic rings. The first-order chi connectivity index (χ1) is 15.9. The van der Waals surface area contributed by atoms with E-state index in [4.69, 9.17) is 9.26 Å². The Bertz CT molecular complexity index is 1160. The summed E-state index contributed by atoms with van der Waals surface area (Å²) in [6.45, 7) is 7.60. The van der Waals surface area contributed by atoms with Crippen molar-refractivity contribution >= 4 is 16.7 Å². The number of alkyl halides is 1. The van der Waals surface area contributed by atoms with Gasteiger partial charge < -0.3 is 19.5 Å². The van der Waals surface area contributed by atoms with Crippen molar-refractivity contribution in [1.82, 2.24) is 20.4 Å². The van der Waals surface area contributed by atoms with Crippen molar-refractivity contribution in [2.24, 2.45) is 0 Å². The zero-order valence-electron chi connectivity index (χ0n) is 19.2. The van der Waals surface area contributed by atoms with Gasteiger partial charge in [-0.1, -0.05) is 5.16 Å². The Morgan fingerprint density at radius 2 is 2.00 bits per heavy atom. The van der Waals surface area contributed by atoms with Gasteiger partial charge in [0.15, 0.2) is 5.82 Å². The van der Waals surface area contributed by atoms with E-state index >= 15 is 4.39 Å². The maximum absolute atomic E-state index is 15.3. The van der Waals surface area contributed by atoms with E-state index in [0.717, 1.165) is 30.6 Å². The third kappa shape index (κ3) is 4.31. The van der Waals surface area contributed by atoms with Gasteiger partial charge in [-0.05, 0) is 63.3 Å². The smallest absolute Gasteiger partial charge is 0.261 e. The largest absolute Gasteiger partial charge is 0.380 e. The SMILES string of the molecule is Cc1cc(F)c2nc(N3CC[C@@H](N[C@H]4CCCOC4)[C@@H](F)C3)c(-c3nc(C)no3)c(C)c2c1. The Balaban J connectivity index is 1.50. The summed E-state index contributed by atoms with van der Waals surface area (Å²) in [5.41, 5.74) is 2.49. The molecule has 0 amide bonds. The van der Waals surface area contributed by atoms with E-state index in [1.807, 2.05) is 24.8 Å². The van der Waals surface area contributed by atoms with Crippen molar-refractivity contribution in [3.8, 4) is 11.5 Å². The molecule has 0 aliphatic carbocycles. The lowest BCUT2D eigenvalue weighted by molar-refractivity contribution is 0.0588. The Morgan fingerprint density at radius 3 is 2.70 bits per heavy atom. The summed E-state index contributed by atoms with van der Waals surface area (Å²) < 4.78 is 41.2. The molecule has 9 heteroatoms. The quantitative estimate of drug-likeness (QED) is 0.634. The zero-order valence-corrected chi connectivity index (χ0v) is 19.2. The van der Waals surface area contributed by atoms with Crippen LogP contribution in [0.15, 0.2) is 16.7 Å². The minimum Gasteiger partial charge on any atom is -0.380 e. The topological polar surface area (TPSA) is 76.3 Å². The number of rotatable bonds is 4. The molecule has 1 N–H and O–H groups in total. The number of aromatic nitrogens is 3. The third-order valence-electron chi connectivity index (χ3n) is 6.62. The average Bonchev–Trinajstić information content (AvgIpc) is 3.22. The molecule has 4 heterocycles. The lowest BCUT2D eigenvalue weighted by atomic mass is 9.97. The molecular weight excluding hydrogens is 428 g/mol. The highest BCUT2D eigenvalue weighted by atomic mass is 19.1. The van der Waals surface area contributed by atoms with Crippen LogP contribution in [0.2, 0.25) is 0 Å².